The van der Waals surface area contributed by atoms with Crippen molar-refractivity contribution < 1.29 is 4.39 Å². The molecule has 0 bridgehead atoms. The molecule has 0 spiro atoms. The quantitative estimate of drug-likeness (QED) is 0.835. The highest BCUT2D eigenvalue weighted by Crippen LogP contribution is 2.19. The van der Waals surface area contributed by atoms with E-state index >= 15 is 0 Å². The number of halogens is 3. The normalized spacial score (nSPS) is 10.8. The molecule has 0 aliphatic heterocycles. The van der Waals surface area contributed by atoms with Crippen LogP contribution in [-0.2, 0) is 6.54 Å². The standard InChI is InChI=1S/C13H11BrClFN2O/c1-7-12(14)8(2)18(13(19)17-7)6-9-3-4-11(16)10(15)5-9/h3-5H,6H2,1-2H3. The van der Waals surface area contributed by atoms with Crippen LogP contribution in [0.3, 0.4) is 0 Å². The second kappa shape index (κ2) is 5.43. The first-order valence-corrected chi connectivity index (χ1v) is 6.74. The van der Waals surface area contributed by atoms with Gasteiger partial charge in [0.2, 0.25) is 0 Å². The summed E-state index contributed by atoms with van der Waals surface area (Å²) >= 11 is 9.12. The topological polar surface area (TPSA) is 34.9 Å². The predicted molar refractivity (Wildman–Crippen MR) is 76.2 cm³/mol. The highest BCUT2D eigenvalue weighted by molar-refractivity contribution is 9.10. The third-order valence-corrected chi connectivity index (χ3v) is 4.30. The molecule has 1 aromatic carbocycles. The molecule has 0 aliphatic carbocycles. The van der Waals surface area contributed by atoms with Crippen molar-refractivity contribution in [2.24, 2.45) is 0 Å². The number of aryl methyl sites for hydroxylation is 1. The van der Waals surface area contributed by atoms with Crippen molar-refractivity contribution in [3.05, 3.63) is 60.9 Å². The lowest BCUT2D eigenvalue weighted by Crippen LogP contribution is -2.26. The zero-order chi connectivity index (χ0) is 14.2. The summed E-state index contributed by atoms with van der Waals surface area (Å²) in [7, 11) is 0. The van der Waals surface area contributed by atoms with E-state index in [9.17, 15) is 9.18 Å². The van der Waals surface area contributed by atoms with Gasteiger partial charge < -0.3 is 0 Å². The zero-order valence-corrected chi connectivity index (χ0v) is 12.7. The van der Waals surface area contributed by atoms with Crippen LogP contribution in [0, 0.1) is 19.7 Å². The van der Waals surface area contributed by atoms with Gasteiger partial charge in [-0.2, -0.15) is 4.98 Å². The van der Waals surface area contributed by atoms with Gasteiger partial charge in [0.1, 0.15) is 5.82 Å². The maximum absolute atomic E-state index is 13.1. The molecule has 1 heterocycles. The second-order valence-electron chi connectivity index (χ2n) is 4.21. The molecule has 3 nitrogen and oxygen atoms in total. The molecular weight excluding hydrogens is 335 g/mol. The number of rotatable bonds is 2. The van der Waals surface area contributed by atoms with Crippen molar-refractivity contribution in [3.8, 4) is 0 Å². The average Bonchev–Trinajstić information content (AvgIpc) is 2.36. The Morgan fingerprint density at radius 1 is 1.42 bits per heavy atom. The van der Waals surface area contributed by atoms with Crippen LogP contribution in [0.15, 0.2) is 27.5 Å². The average molecular weight is 346 g/mol. The van der Waals surface area contributed by atoms with Crippen LogP contribution in [-0.4, -0.2) is 9.55 Å². The smallest absolute Gasteiger partial charge is 0.291 e. The summed E-state index contributed by atoms with van der Waals surface area (Å²) in [6.07, 6.45) is 0. The van der Waals surface area contributed by atoms with Crippen molar-refractivity contribution >= 4 is 27.5 Å². The summed E-state index contributed by atoms with van der Waals surface area (Å²) in [5.74, 6) is -0.474. The number of hydrogen-bond acceptors (Lipinski definition) is 2. The van der Waals surface area contributed by atoms with Crippen LogP contribution < -0.4 is 5.69 Å². The van der Waals surface area contributed by atoms with E-state index in [4.69, 9.17) is 11.6 Å². The Hall–Kier alpha value is -1.20. The largest absolute Gasteiger partial charge is 0.348 e. The van der Waals surface area contributed by atoms with Crippen LogP contribution >= 0.6 is 27.5 Å². The van der Waals surface area contributed by atoms with Gasteiger partial charge in [-0.15, -0.1) is 0 Å². The molecule has 0 atom stereocenters. The summed E-state index contributed by atoms with van der Waals surface area (Å²) in [5.41, 5.74) is 1.83. The minimum atomic E-state index is -0.474. The van der Waals surface area contributed by atoms with Crippen LogP contribution in [0.5, 0.6) is 0 Å². The lowest BCUT2D eigenvalue weighted by molar-refractivity contribution is 0.625. The summed E-state index contributed by atoms with van der Waals surface area (Å²) < 4.78 is 15.4. The molecule has 0 fully saturated rings. The fourth-order valence-electron chi connectivity index (χ4n) is 1.78. The molecule has 1 aromatic heterocycles. The first-order valence-electron chi connectivity index (χ1n) is 5.57. The minimum Gasteiger partial charge on any atom is -0.291 e. The molecule has 19 heavy (non-hydrogen) atoms. The van der Waals surface area contributed by atoms with Crippen molar-refractivity contribution in [1.82, 2.24) is 9.55 Å². The van der Waals surface area contributed by atoms with Gasteiger partial charge in [-0.05, 0) is 47.5 Å². The van der Waals surface area contributed by atoms with Crippen LogP contribution in [0.2, 0.25) is 5.02 Å². The van der Waals surface area contributed by atoms with Gasteiger partial charge in [-0.1, -0.05) is 17.7 Å². The van der Waals surface area contributed by atoms with Crippen molar-refractivity contribution in [2.75, 3.05) is 0 Å². The summed E-state index contributed by atoms with van der Waals surface area (Å²) in [6, 6.07) is 4.39. The van der Waals surface area contributed by atoms with E-state index in [2.05, 4.69) is 20.9 Å². The summed E-state index contributed by atoms with van der Waals surface area (Å²) in [5, 5.41) is 0.0438. The van der Waals surface area contributed by atoms with E-state index in [1.54, 1.807) is 13.0 Å². The third-order valence-electron chi connectivity index (χ3n) is 2.86. The van der Waals surface area contributed by atoms with Crippen molar-refractivity contribution in [1.29, 1.82) is 0 Å². The van der Waals surface area contributed by atoms with Crippen molar-refractivity contribution in [2.45, 2.75) is 20.4 Å². The highest BCUT2D eigenvalue weighted by atomic mass is 79.9. The Balaban J connectivity index is 2.46. The number of nitrogens with zero attached hydrogens (tertiary/aromatic N) is 2. The molecule has 0 unspecified atom stereocenters. The molecule has 0 radical (unpaired) electrons. The van der Waals surface area contributed by atoms with E-state index in [0.29, 0.717) is 12.2 Å². The van der Waals surface area contributed by atoms with E-state index in [0.717, 1.165) is 15.7 Å². The van der Waals surface area contributed by atoms with Gasteiger partial charge in [0.05, 0.1) is 21.7 Å². The van der Waals surface area contributed by atoms with Gasteiger partial charge in [0.15, 0.2) is 0 Å². The fraction of sp³-hybridized carbons (Fsp3) is 0.231. The van der Waals surface area contributed by atoms with Gasteiger partial charge in [0, 0.05) is 5.69 Å². The fourth-order valence-corrected chi connectivity index (χ4v) is 2.29. The first-order chi connectivity index (χ1) is 8.90. The summed E-state index contributed by atoms with van der Waals surface area (Å²) in [6.45, 7) is 3.89. The molecule has 0 saturated carbocycles. The molecule has 2 rings (SSSR count). The number of aromatic nitrogens is 2. The Labute approximate surface area is 123 Å². The second-order valence-corrected chi connectivity index (χ2v) is 5.41. The number of hydrogen-bond donors (Lipinski definition) is 0. The molecule has 2 aromatic rings. The van der Waals surface area contributed by atoms with E-state index in [1.165, 1.54) is 16.7 Å². The molecule has 0 amide bonds. The van der Waals surface area contributed by atoms with Gasteiger partial charge >= 0.3 is 5.69 Å². The van der Waals surface area contributed by atoms with Crippen molar-refractivity contribution in [3.63, 3.8) is 0 Å². The maximum atomic E-state index is 13.1. The maximum Gasteiger partial charge on any atom is 0.348 e. The van der Waals surface area contributed by atoms with Crippen LogP contribution in [0.4, 0.5) is 4.39 Å². The van der Waals surface area contributed by atoms with Crippen LogP contribution in [0.25, 0.3) is 0 Å². The predicted octanol–water partition coefficient (Wildman–Crippen LogP) is 3.46. The Morgan fingerprint density at radius 3 is 2.74 bits per heavy atom. The Morgan fingerprint density at radius 2 is 2.11 bits per heavy atom. The van der Waals surface area contributed by atoms with E-state index < -0.39 is 5.82 Å². The Kier molecular flexibility index (Phi) is 4.06. The van der Waals surface area contributed by atoms with Gasteiger partial charge in [0.25, 0.3) is 0 Å². The minimum absolute atomic E-state index is 0.0438. The lowest BCUT2D eigenvalue weighted by Gasteiger charge is -2.12. The molecule has 0 aliphatic rings. The molecular formula is C13H11BrClFN2O. The SMILES string of the molecule is Cc1nc(=O)n(Cc2ccc(F)c(Cl)c2)c(C)c1Br. The molecule has 0 N–H and O–H groups in total. The van der Waals surface area contributed by atoms with E-state index in [-0.39, 0.29) is 10.7 Å². The Bertz CT molecular complexity index is 700. The summed E-state index contributed by atoms with van der Waals surface area (Å²) in [4.78, 5) is 15.8. The van der Waals surface area contributed by atoms with Gasteiger partial charge in [-0.3, -0.25) is 4.57 Å². The first kappa shape index (κ1) is 14.2. The van der Waals surface area contributed by atoms with Crippen LogP contribution in [0.1, 0.15) is 17.0 Å². The zero-order valence-electron chi connectivity index (χ0n) is 10.4. The monoisotopic (exact) mass is 344 g/mol. The third kappa shape index (κ3) is 2.87. The van der Waals surface area contributed by atoms with E-state index in [1.807, 2.05) is 6.92 Å². The highest BCUT2D eigenvalue weighted by Gasteiger charge is 2.10. The molecule has 100 valence electrons. The lowest BCUT2D eigenvalue weighted by atomic mass is 10.2. The molecule has 0 saturated heterocycles. The van der Waals surface area contributed by atoms with Gasteiger partial charge in [-0.25, -0.2) is 9.18 Å². The molecule has 6 heteroatoms. The number of benzene rings is 1.